The molecule has 7 nitrogen and oxygen atoms in total. The fraction of sp³-hybridized carbons (Fsp3) is 0.333. The minimum Gasteiger partial charge on any atom is -0.496 e. The Hall–Kier alpha value is -3.22. The molecule has 0 aromatic heterocycles. The highest BCUT2D eigenvalue weighted by atomic mass is 16.5. The molecule has 1 fully saturated rings. The highest BCUT2D eigenvalue weighted by molar-refractivity contribution is 5.99. The van der Waals surface area contributed by atoms with Crippen molar-refractivity contribution < 1.29 is 23.8 Å². The SMILES string of the molecule is COc1ccccc1CNC(=O)C1CC1C(=O)Nc1ccc(OC)c(OC)c1. The molecule has 7 heteroatoms. The molecular formula is C21H24N2O5. The highest BCUT2D eigenvalue weighted by Gasteiger charge is 2.48. The van der Waals surface area contributed by atoms with Gasteiger partial charge in [0.15, 0.2) is 11.5 Å². The summed E-state index contributed by atoms with van der Waals surface area (Å²) in [5.41, 5.74) is 1.49. The first-order valence-corrected chi connectivity index (χ1v) is 9.00. The summed E-state index contributed by atoms with van der Waals surface area (Å²) in [6.45, 7) is 0.364. The first-order chi connectivity index (χ1) is 13.6. The van der Waals surface area contributed by atoms with Crippen LogP contribution in [0, 0.1) is 11.8 Å². The van der Waals surface area contributed by atoms with Crippen molar-refractivity contribution in [1.82, 2.24) is 5.32 Å². The fourth-order valence-corrected chi connectivity index (χ4v) is 3.09. The van der Waals surface area contributed by atoms with E-state index in [0.29, 0.717) is 30.2 Å². The Bertz CT molecular complexity index is 868. The first kappa shape index (κ1) is 19.5. The highest BCUT2D eigenvalue weighted by Crippen LogP contribution is 2.40. The average Bonchev–Trinajstić information content (AvgIpc) is 3.53. The molecule has 2 atom stereocenters. The van der Waals surface area contributed by atoms with E-state index in [-0.39, 0.29) is 23.7 Å². The molecule has 0 radical (unpaired) electrons. The molecule has 148 valence electrons. The van der Waals surface area contributed by atoms with Crippen molar-refractivity contribution in [2.45, 2.75) is 13.0 Å². The van der Waals surface area contributed by atoms with E-state index < -0.39 is 0 Å². The maximum atomic E-state index is 12.4. The molecule has 3 rings (SSSR count). The average molecular weight is 384 g/mol. The molecule has 1 aliphatic carbocycles. The lowest BCUT2D eigenvalue weighted by molar-refractivity contribution is -0.125. The molecule has 0 heterocycles. The number of carbonyl (C=O) groups excluding carboxylic acids is 2. The summed E-state index contributed by atoms with van der Waals surface area (Å²) in [6, 6.07) is 12.7. The van der Waals surface area contributed by atoms with Crippen LogP contribution in [0.3, 0.4) is 0 Å². The first-order valence-electron chi connectivity index (χ1n) is 9.00. The van der Waals surface area contributed by atoms with E-state index in [1.54, 1.807) is 32.4 Å². The monoisotopic (exact) mass is 384 g/mol. The van der Waals surface area contributed by atoms with Crippen LogP contribution in [0.1, 0.15) is 12.0 Å². The molecule has 1 aliphatic rings. The van der Waals surface area contributed by atoms with Crippen LogP contribution in [0.25, 0.3) is 0 Å². The summed E-state index contributed by atoms with van der Waals surface area (Å²) in [6.07, 6.45) is 0.539. The molecule has 28 heavy (non-hydrogen) atoms. The molecule has 2 amide bonds. The van der Waals surface area contributed by atoms with Gasteiger partial charge in [-0.2, -0.15) is 0 Å². The molecule has 1 saturated carbocycles. The summed E-state index contributed by atoms with van der Waals surface area (Å²) in [7, 11) is 4.68. The van der Waals surface area contributed by atoms with E-state index in [2.05, 4.69) is 10.6 Å². The van der Waals surface area contributed by atoms with Gasteiger partial charge in [0.25, 0.3) is 0 Å². The molecular weight excluding hydrogens is 360 g/mol. The number of carbonyl (C=O) groups is 2. The third-order valence-electron chi connectivity index (χ3n) is 4.76. The van der Waals surface area contributed by atoms with Crippen LogP contribution in [0.5, 0.6) is 17.2 Å². The summed E-state index contributed by atoms with van der Waals surface area (Å²) >= 11 is 0. The lowest BCUT2D eigenvalue weighted by atomic mass is 10.2. The lowest BCUT2D eigenvalue weighted by Crippen LogP contribution is -2.27. The predicted molar refractivity (Wildman–Crippen MR) is 105 cm³/mol. The van der Waals surface area contributed by atoms with E-state index in [1.807, 2.05) is 24.3 Å². The van der Waals surface area contributed by atoms with E-state index in [4.69, 9.17) is 14.2 Å². The molecule has 0 bridgehead atoms. The van der Waals surface area contributed by atoms with Gasteiger partial charge in [0.1, 0.15) is 5.75 Å². The van der Waals surface area contributed by atoms with E-state index >= 15 is 0 Å². The minimum absolute atomic E-state index is 0.127. The fourth-order valence-electron chi connectivity index (χ4n) is 3.09. The predicted octanol–water partition coefficient (Wildman–Crippen LogP) is 2.60. The summed E-state index contributed by atoms with van der Waals surface area (Å²) in [4.78, 5) is 24.8. The Balaban J connectivity index is 1.53. The largest absolute Gasteiger partial charge is 0.496 e. The zero-order valence-corrected chi connectivity index (χ0v) is 16.2. The van der Waals surface area contributed by atoms with Crippen molar-refractivity contribution in [2.24, 2.45) is 11.8 Å². The van der Waals surface area contributed by atoms with Gasteiger partial charge in [-0.15, -0.1) is 0 Å². The van der Waals surface area contributed by atoms with Gasteiger partial charge in [0, 0.05) is 23.9 Å². The number of para-hydroxylation sites is 1. The second kappa shape index (κ2) is 8.65. The number of rotatable bonds is 8. The second-order valence-corrected chi connectivity index (χ2v) is 6.54. The zero-order valence-electron chi connectivity index (χ0n) is 16.2. The molecule has 0 spiro atoms. The van der Waals surface area contributed by atoms with Crippen molar-refractivity contribution >= 4 is 17.5 Å². The number of nitrogens with one attached hydrogen (secondary N) is 2. The van der Waals surface area contributed by atoms with Gasteiger partial charge in [0.2, 0.25) is 11.8 Å². The molecule has 0 saturated heterocycles. The third kappa shape index (κ3) is 4.36. The van der Waals surface area contributed by atoms with Crippen molar-refractivity contribution in [2.75, 3.05) is 26.6 Å². The van der Waals surface area contributed by atoms with Crippen molar-refractivity contribution in [3.8, 4) is 17.2 Å². The van der Waals surface area contributed by atoms with Crippen LogP contribution in [0.15, 0.2) is 42.5 Å². The smallest absolute Gasteiger partial charge is 0.228 e. The van der Waals surface area contributed by atoms with Crippen molar-refractivity contribution in [3.63, 3.8) is 0 Å². The van der Waals surface area contributed by atoms with Crippen molar-refractivity contribution in [3.05, 3.63) is 48.0 Å². The van der Waals surface area contributed by atoms with Crippen LogP contribution < -0.4 is 24.8 Å². The van der Waals surface area contributed by atoms with Crippen LogP contribution in [0.4, 0.5) is 5.69 Å². The second-order valence-electron chi connectivity index (χ2n) is 6.54. The Morgan fingerprint density at radius 3 is 2.29 bits per heavy atom. The van der Waals surface area contributed by atoms with Gasteiger partial charge >= 0.3 is 0 Å². The number of benzene rings is 2. The van der Waals surface area contributed by atoms with Crippen LogP contribution in [-0.4, -0.2) is 33.1 Å². The molecule has 2 N–H and O–H groups in total. The maximum absolute atomic E-state index is 12.4. The normalized spacial score (nSPS) is 17.4. The molecule has 2 aromatic rings. The van der Waals surface area contributed by atoms with Crippen LogP contribution in [0.2, 0.25) is 0 Å². The maximum Gasteiger partial charge on any atom is 0.228 e. The lowest BCUT2D eigenvalue weighted by Gasteiger charge is -2.11. The standard InChI is InChI=1S/C21H24N2O5/c1-26-17-7-5-4-6-13(17)12-22-20(24)15-11-16(15)21(25)23-14-8-9-18(27-2)19(10-14)28-3/h4-10,15-16H,11-12H2,1-3H3,(H,22,24)(H,23,25). The van der Waals surface area contributed by atoms with Gasteiger partial charge in [-0.05, 0) is 24.6 Å². The van der Waals surface area contributed by atoms with Gasteiger partial charge < -0.3 is 24.8 Å². The number of hydrogen-bond donors (Lipinski definition) is 2. The molecule has 2 aromatic carbocycles. The number of amides is 2. The van der Waals surface area contributed by atoms with E-state index in [0.717, 1.165) is 11.3 Å². The van der Waals surface area contributed by atoms with Gasteiger partial charge in [0.05, 0.1) is 33.2 Å². The van der Waals surface area contributed by atoms with Crippen molar-refractivity contribution in [1.29, 1.82) is 0 Å². The Morgan fingerprint density at radius 1 is 0.893 bits per heavy atom. The van der Waals surface area contributed by atoms with Crippen LogP contribution >= 0.6 is 0 Å². The summed E-state index contributed by atoms with van der Waals surface area (Å²) in [5.74, 6) is 0.896. The van der Waals surface area contributed by atoms with Crippen LogP contribution in [-0.2, 0) is 16.1 Å². The number of methoxy groups -OCH3 is 3. The molecule has 0 aliphatic heterocycles. The van der Waals surface area contributed by atoms with E-state index in [1.165, 1.54) is 7.11 Å². The quantitative estimate of drug-likeness (QED) is 0.731. The van der Waals surface area contributed by atoms with Gasteiger partial charge in [-0.25, -0.2) is 0 Å². The Morgan fingerprint density at radius 2 is 1.57 bits per heavy atom. The Kier molecular flexibility index (Phi) is 6.03. The Labute approximate surface area is 164 Å². The summed E-state index contributed by atoms with van der Waals surface area (Å²) < 4.78 is 15.7. The number of ether oxygens (including phenoxy) is 3. The van der Waals surface area contributed by atoms with E-state index in [9.17, 15) is 9.59 Å². The third-order valence-corrected chi connectivity index (χ3v) is 4.76. The molecule has 2 unspecified atom stereocenters. The number of hydrogen-bond acceptors (Lipinski definition) is 5. The summed E-state index contributed by atoms with van der Waals surface area (Å²) in [5, 5.41) is 5.71. The minimum atomic E-state index is -0.328. The van der Waals surface area contributed by atoms with Gasteiger partial charge in [-0.1, -0.05) is 18.2 Å². The number of anilines is 1. The van der Waals surface area contributed by atoms with Gasteiger partial charge in [-0.3, -0.25) is 9.59 Å². The zero-order chi connectivity index (χ0) is 20.1. The topological polar surface area (TPSA) is 85.9 Å².